The van der Waals surface area contributed by atoms with Gasteiger partial charge >= 0.3 is 0 Å². The first-order valence-electron chi connectivity index (χ1n) is 11.6. The standard InChI is InChI=1S/C25H32FN3O3S/c1-4-18(2)23-24(30)29(19(3)20-8-6-5-7-9-20)25(27-23)14-16-28(17-15-25)33(31,32)22-12-10-21(26)11-13-22/h5-13,18-19,23,27H,4,14-17H2,1-3H3/t18-,19-,23+/m0/s1. The highest BCUT2D eigenvalue weighted by Crippen LogP contribution is 2.41. The Morgan fingerprint density at radius 3 is 2.24 bits per heavy atom. The van der Waals surface area contributed by atoms with E-state index in [0.29, 0.717) is 12.8 Å². The maximum atomic E-state index is 13.6. The number of rotatable bonds is 6. The molecule has 2 aliphatic rings. The molecule has 1 spiro atoms. The number of sulfonamides is 1. The number of amides is 1. The van der Waals surface area contributed by atoms with E-state index in [1.54, 1.807) is 0 Å². The van der Waals surface area contributed by atoms with E-state index in [-0.39, 0.29) is 41.9 Å². The van der Waals surface area contributed by atoms with Crippen molar-refractivity contribution in [2.24, 2.45) is 5.92 Å². The predicted octanol–water partition coefficient (Wildman–Crippen LogP) is 3.91. The molecular formula is C25H32FN3O3S. The molecule has 178 valence electrons. The van der Waals surface area contributed by atoms with E-state index in [0.717, 1.165) is 24.1 Å². The Morgan fingerprint density at radius 2 is 1.67 bits per heavy atom. The Kier molecular flexibility index (Phi) is 6.62. The van der Waals surface area contributed by atoms with Crippen LogP contribution in [-0.2, 0) is 14.8 Å². The van der Waals surface area contributed by atoms with Gasteiger partial charge in [-0.05, 0) is 55.5 Å². The highest BCUT2D eigenvalue weighted by Gasteiger charge is 2.55. The van der Waals surface area contributed by atoms with Gasteiger partial charge in [-0.1, -0.05) is 50.6 Å². The summed E-state index contributed by atoms with van der Waals surface area (Å²) in [5, 5.41) is 3.63. The Hall–Kier alpha value is -2.29. The first-order valence-corrected chi connectivity index (χ1v) is 13.0. The average molecular weight is 474 g/mol. The van der Waals surface area contributed by atoms with Crippen LogP contribution < -0.4 is 5.32 Å². The third-order valence-electron chi connectivity index (χ3n) is 7.27. The minimum absolute atomic E-state index is 0.0792. The second-order valence-corrected chi connectivity index (χ2v) is 11.1. The lowest BCUT2D eigenvalue weighted by Crippen LogP contribution is -2.60. The number of hydrogen-bond acceptors (Lipinski definition) is 4. The molecule has 8 heteroatoms. The summed E-state index contributed by atoms with van der Waals surface area (Å²) in [4.78, 5) is 15.7. The van der Waals surface area contributed by atoms with Crippen LogP contribution in [0, 0.1) is 11.7 Å². The molecule has 0 aliphatic carbocycles. The molecular weight excluding hydrogens is 441 g/mol. The van der Waals surface area contributed by atoms with Crippen LogP contribution in [-0.4, -0.2) is 48.3 Å². The molecule has 2 heterocycles. The van der Waals surface area contributed by atoms with E-state index in [2.05, 4.69) is 19.2 Å². The quantitative estimate of drug-likeness (QED) is 0.691. The first-order chi connectivity index (χ1) is 15.7. The zero-order valence-electron chi connectivity index (χ0n) is 19.4. The van der Waals surface area contributed by atoms with Gasteiger partial charge in [-0.25, -0.2) is 12.8 Å². The Balaban J connectivity index is 1.61. The molecule has 6 nitrogen and oxygen atoms in total. The van der Waals surface area contributed by atoms with Gasteiger partial charge in [0.15, 0.2) is 0 Å². The largest absolute Gasteiger partial charge is 0.316 e. The molecule has 0 unspecified atom stereocenters. The predicted molar refractivity (Wildman–Crippen MR) is 125 cm³/mol. The highest BCUT2D eigenvalue weighted by atomic mass is 32.2. The summed E-state index contributed by atoms with van der Waals surface area (Å²) >= 11 is 0. The van der Waals surface area contributed by atoms with Crippen molar-refractivity contribution in [2.45, 2.75) is 62.7 Å². The molecule has 2 fully saturated rings. The molecule has 3 atom stereocenters. The second kappa shape index (κ2) is 9.16. The summed E-state index contributed by atoms with van der Waals surface area (Å²) in [5.41, 5.74) is 0.452. The van der Waals surface area contributed by atoms with Crippen LogP contribution in [0.15, 0.2) is 59.5 Å². The fraction of sp³-hybridized carbons (Fsp3) is 0.480. The van der Waals surface area contributed by atoms with Gasteiger partial charge in [0.1, 0.15) is 5.82 Å². The minimum Gasteiger partial charge on any atom is -0.316 e. The van der Waals surface area contributed by atoms with E-state index in [9.17, 15) is 17.6 Å². The van der Waals surface area contributed by atoms with Gasteiger partial charge in [0.25, 0.3) is 0 Å². The van der Waals surface area contributed by atoms with Crippen molar-refractivity contribution in [3.05, 3.63) is 66.0 Å². The van der Waals surface area contributed by atoms with Crippen LogP contribution in [0.4, 0.5) is 4.39 Å². The summed E-state index contributed by atoms with van der Waals surface area (Å²) in [6, 6.07) is 14.4. The van der Waals surface area contributed by atoms with Crippen LogP contribution in [0.3, 0.4) is 0 Å². The molecule has 1 amide bonds. The van der Waals surface area contributed by atoms with Gasteiger partial charge in [-0.2, -0.15) is 4.31 Å². The van der Waals surface area contributed by atoms with Crippen molar-refractivity contribution in [3.8, 4) is 0 Å². The van der Waals surface area contributed by atoms with Crippen LogP contribution in [0.1, 0.15) is 51.6 Å². The van der Waals surface area contributed by atoms with Gasteiger partial charge in [0.2, 0.25) is 15.9 Å². The number of carbonyl (C=O) groups is 1. The van der Waals surface area contributed by atoms with Crippen LogP contribution in [0.5, 0.6) is 0 Å². The van der Waals surface area contributed by atoms with E-state index >= 15 is 0 Å². The van der Waals surface area contributed by atoms with E-state index < -0.39 is 21.5 Å². The summed E-state index contributed by atoms with van der Waals surface area (Å²) in [5.74, 6) is -0.222. The third-order valence-corrected chi connectivity index (χ3v) is 9.18. The molecule has 2 aromatic rings. The van der Waals surface area contributed by atoms with Crippen molar-refractivity contribution < 1.29 is 17.6 Å². The third kappa shape index (κ3) is 4.32. The summed E-state index contributed by atoms with van der Waals surface area (Å²) in [6.45, 7) is 6.76. The van der Waals surface area contributed by atoms with Crippen molar-refractivity contribution in [3.63, 3.8) is 0 Å². The molecule has 1 N–H and O–H groups in total. The molecule has 2 aliphatic heterocycles. The van der Waals surface area contributed by atoms with E-state index in [1.807, 2.05) is 42.2 Å². The van der Waals surface area contributed by atoms with Gasteiger partial charge < -0.3 is 4.90 Å². The minimum atomic E-state index is -3.73. The SMILES string of the molecule is CC[C@H](C)[C@H]1NC2(CCN(S(=O)(=O)c3ccc(F)cc3)CC2)N([C@@H](C)c2ccccc2)C1=O. The fourth-order valence-corrected chi connectivity index (χ4v) is 6.52. The van der Waals surface area contributed by atoms with Gasteiger partial charge in [-0.15, -0.1) is 0 Å². The molecule has 2 saturated heterocycles. The number of nitrogens with zero attached hydrogens (tertiary/aromatic N) is 2. The van der Waals surface area contributed by atoms with Gasteiger partial charge in [-0.3, -0.25) is 10.1 Å². The number of nitrogens with one attached hydrogen (secondary N) is 1. The zero-order chi connectivity index (χ0) is 23.8. The van der Waals surface area contributed by atoms with Crippen molar-refractivity contribution in [1.29, 1.82) is 0 Å². The Morgan fingerprint density at radius 1 is 1.06 bits per heavy atom. The van der Waals surface area contributed by atoms with E-state index in [1.165, 1.54) is 16.4 Å². The van der Waals surface area contributed by atoms with E-state index in [4.69, 9.17) is 0 Å². The lowest BCUT2D eigenvalue weighted by molar-refractivity contribution is -0.136. The first kappa shape index (κ1) is 23.9. The normalized spacial score (nSPS) is 23.1. The molecule has 0 saturated carbocycles. The molecule has 4 rings (SSSR count). The Bertz CT molecular complexity index is 1080. The Labute approximate surface area is 195 Å². The lowest BCUT2D eigenvalue weighted by atomic mass is 9.94. The maximum absolute atomic E-state index is 13.6. The number of piperidine rings is 1. The number of hydrogen-bond donors (Lipinski definition) is 1. The van der Waals surface area contributed by atoms with Gasteiger partial charge in [0.05, 0.1) is 22.6 Å². The number of halogens is 1. The average Bonchev–Trinajstić information content (AvgIpc) is 3.10. The molecule has 33 heavy (non-hydrogen) atoms. The monoisotopic (exact) mass is 473 g/mol. The molecule has 2 aromatic carbocycles. The maximum Gasteiger partial charge on any atom is 0.243 e. The van der Waals surface area contributed by atoms with Crippen LogP contribution in [0.25, 0.3) is 0 Å². The van der Waals surface area contributed by atoms with Crippen molar-refractivity contribution >= 4 is 15.9 Å². The number of carbonyl (C=O) groups excluding carboxylic acids is 1. The summed E-state index contributed by atoms with van der Waals surface area (Å²) in [7, 11) is -3.73. The van der Waals surface area contributed by atoms with Gasteiger partial charge in [0, 0.05) is 13.1 Å². The second-order valence-electron chi connectivity index (χ2n) is 9.19. The fourth-order valence-electron chi connectivity index (χ4n) is 5.08. The smallest absolute Gasteiger partial charge is 0.243 e. The molecule has 0 bridgehead atoms. The van der Waals surface area contributed by atoms with Crippen LogP contribution >= 0.6 is 0 Å². The molecule has 0 radical (unpaired) electrons. The van der Waals surface area contributed by atoms with Crippen molar-refractivity contribution in [1.82, 2.24) is 14.5 Å². The lowest BCUT2D eigenvalue weighted by Gasteiger charge is -2.46. The highest BCUT2D eigenvalue weighted by molar-refractivity contribution is 7.89. The van der Waals surface area contributed by atoms with Crippen molar-refractivity contribution in [2.75, 3.05) is 13.1 Å². The topological polar surface area (TPSA) is 69.7 Å². The zero-order valence-corrected chi connectivity index (χ0v) is 20.2. The summed E-state index contributed by atoms with van der Waals surface area (Å²) < 4.78 is 41.0. The molecule has 0 aromatic heterocycles. The van der Waals surface area contributed by atoms with Crippen LogP contribution in [0.2, 0.25) is 0 Å². The summed E-state index contributed by atoms with van der Waals surface area (Å²) in [6.07, 6.45) is 1.85. The number of benzene rings is 2.